The normalized spacial score (nSPS) is 18.7. The Kier molecular flexibility index (Phi) is 8.56. The van der Waals surface area contributed by atoms with E-state index in [0.717, 1.165) is 39.3 Å². The van der Waals surface area contributed by atoms with Crippen molar-refractivity contribution >= 4 is 0 Å². The van der Waals surface area contributed by atoms with Gasteiger partial charge in [0.2, 0.25) is 0 Å². The predicted molar refractivity (Wildman–Crippen MR) is 73.3 cm³/mol. The van der Waals surface area contributed by atoms with Crippen molar-refractivity contribution in [3.05, 3.63) is 0 Å². The summed E-state index contributed by atoms with van der Waals surface area (Å²) in [6.07, 6.45) is 0. The van der Waals surface area contributed by atoms with E-state index in [-0.39, 0.29) is 0 Å². The molecule has 1 heterocycles. The highest BCUT2D eigenvalue weighted by molar-refractivity contribution is 4.72. The van der Waals surface area contributed by atoms with E-state index < -0.39 is 0 Å². The van der Waals surface area contributed by atoms with E-state index in [9.17, 15) is 0 Å². The molecule has 17 heavy (non-hydrogen) atoms. The van der Waals surface area contributed by atoms with Gasteiger partial charge in [-0.15, -0.1) is 0 Å². The molecule has 0 amide bonds. The summed E-state index contributed by atoms with van der Waals surface area (Å²) in [4.78, 5) is 4.99. The monoisotopic (exact) mass is 243 g/mol. The van der Waals surface area contributed by atoms with E-state index in [1.165, 1.54) is 32.7 Å². The van der Waals surface area contributed by atoms with Crippen molar-refractivity contribution in [1.82, 2.24) is 20.4 Å². The number of nitrogens with zero attached hydrogens (tertiary/aromatic N) is 2. The first-order chi connectivity index (χ1) is 8.36. The lowest BCUT2D eigenvalue weighted by molar-refractivity contribution is 0.136. The van der Waals surface area contributed by atoms with Gasteiger partial charge in [-0.1, -0.05) is 6.92 Å². The number of nitrogens with one attached hydrogen (secondary N) is 2. The topological polar surface area (TPSA) is 56.6 Å². The molecule has 0 atom stereocenters. The second kappa shape index (κ2) is 9.79. The number of likely N-dealkylation sites (N-methyl/N-ethyl adjacent to an activating group) is 1. The largest absolute Gasteiger partial charge is 0.329 e. The molecule has 102 valence electrons. The van der Waals surface area contributed by atoms with Gasteiger partial charge in [0.1, 0.15) is 0 Å². The van der Waals surface area contributed by atoms with Crippen LogP contribution < -0.4 is 16.4 Å². The minimum atomic E-state index is 0.784. The number of rotatable bonds is 9. The van der Waals surface area contributed by atoms with Crippen LogP contribution in [0.2, 0.25) is 0 Å². The van der Waals surface area contributed by atoms with Gasteiger partial charge >= 0.3 is 0 Å². The summed E-state index contributed by atoms with van der Waals surface area (Å²) in [6.45, 7) is 14.2. The smallest absolute Gasteiger partial charge is 0.0110 e. The van der Waals surface area contributed by atoms with Crippen LogP contribution in [0, 0.1) is 0 Å². The van der Waals surface area contributed by atoms with Crippen LogP contribution in [0.5, 0.6) is 0 Å². The molecule has 4 N–H and O–H groups in total. The molecule has 1 fully saturated rings. The standard InChI is InChI=1S/C12H29N5/c1-2-14-4-5-15-6-8-17-11-9-16(7-3-13)10-12-17/h14-15H,2-13H2,1H3. The van der Waals surface area contributed by atoms with Gasteiger partial charge in [0.25, 0.3) is 0 Å². The zero-order chi connectivity index (χ0) is 12.3. The van der Waals surface area contributed by atoms with Crippen LogP contribution in [0.4, 0.5) is 0 Å². The van der Waals surface area contributed by atoms with E-state index in [4.69, 9.17) is 5.73 Å². The number of piperazine rings is 1. The first-order valence-corrected chi connectivity index (χ1v) is 6.93. The maximum atomic E-state index is 5.56. The summed E-state index contributed by atoms with van der Waals surface area (Å²) >= 11 is 0. The minimum Gasteiger partial charge on any atom is -0.329 e. The van der Waals surface area contributed by atoms with E-state index >= 15 is 0 Å². The van der Waals surface area contributed by atoms with Gasteiger partial charge in [0.05, 0.1) is 0 Å². The van der Waals surface area contributed by atoms with Crippen molar-refractivity contribution in [2.45, 2.75) is 6.92 Å². The Morgan fingerprint density at radius 2 is 1.47 bits per heavy atom. The van der Waals surface area contributed by atoms with Gasteiger partial charge in [-0.05, 0) is 6.54 Å². The van der Waals surface area contributed by atoms with Crippen LogP contribution in [0.3, 0.4) is 0 Å². The van der Waals surface area contributed by atoms with Crippen molar-refractivity contribution in [3.8, 4) is 0 Å². The SMILES string of the molecule is CCNCCNCCN1CCN(CCN)CC1. The lowest BCUT2D eigenvalue weighted by Gasteiger charge is -2.34. The molecular weight excluding hydrogens is 214 g/mol. The van der Waals surface area contributed by atoms with Crippen molar-refractivity contribution in [1.29, 1.82) is 0 Å². The highest BCUT2D eigenvalue weighted by Gasteiger charge is 2.14. The van der Waals surface area contributed by atoms with E-state index in [0.29, 0.717) is 0 Å². The summed E-state index contributed by atoms with van der Waals surface area (Å²) < 4.78 is 0. The fourth-order valence-corrected chi connectivity index (χ4v) is 2.13. The van der Waals surface area contributed by atoms with Gasteiger partial charge < -0.3 is 16.4 Å². The molecule has 0 aromatic heterocycles. The molecule has 0 aromatic carbocycles. The average molecular weight is 243 g/mol. The predicted octanol–water partition coefficient (Wildman–Crippen LogP) is -1.24. The lowest BCUT2D eigenvalue weighted by atomic mass is 10.3. The molecule has 1 saturated heterocycles. The molecule has 0 radical (unpaired) electrons. The first kappa shape index (κ1) is 14.9. The van der Waals surface area contributed by atoms with Gasteiger partial charge in [-0.3, -0.25) is 9.80 Å². The Labute approximate surface area is 106 Å². The molecule has 0 unspecified atom stereocenters. The van der Waals surface area contributed by atoms with Gasteiger partial charge in [-0.2, -0.15) is 0 Å². The van der Waals surface area contributed by atoms with Crippen LogP contribution in [0.15, 0.2) is 0 Å². The van der Waals surface area contributed by atoms with Gasteiger partial charge in [-0.25, -0.2) is 0 Å². The van der Waals surface area contributed by atoms with Crippen LogP contribution in [-0.4, -0.2) is 81.8 Å². The summed E-state index contributed by atoms with van der Waals surface area (Å²) in [5.74, 6) is 0. The summed E-state index contributed by atoms with van der Waals surface area (Å²) in [5.41, 5.74) is 5.56. The maximum Gasteiger partial charge on any atom is 0.0110 e. The molecule has 0 spiro atoms. The highest BCUT2D eigenvalue weighted by atomic mass is 15.3. The zero-order valence-corrected chi connectivity index (χ0v) is 11.2. The molecular formula is C12H29N5. The maximum absolute atomic E-state index is 5.56. The fraction of sp³-hybridized carbons (Fsp3) is 1.00. The lowest BCUT2D eigenvalue weighted by Crippen LogP contribution is -2.49. The molecule has 1 rings (SSSR count). The highest BCUT2D eigenvalue weighted by Crippen LogP contribution is 1.99. The second-order valence-electron chi connectivity index (χ2n) is 4.58. The van der Waals surface area contributed by atoms with Crippen LogP contribution >= 0.6 is 0 Å². The molecule has 5 heteroatoms. The number of hydrogen-bond acceptors (Lipinski definition) is 5. The van der Waals surface area contributed by atoms with Crippen LogP contribution in [0.1, 0.15) is 6.92 Å². The van der Waals surface area contributed by atoms with E-state index in [1.807, 2.05) is 0 Å². The average Bonchev–Trinajstić information content (AvgIpc) is 2.36. The summed E-state index contributed by atoms with van der Waals surface area (Å²) in [6, 6.07) is 0. The molecule has 1 aliphatic rings. The third-order valence-corrected chi connectivity index (χ3v) is 3.24. The Balaban J connectivity index is 1.91. The third kappa shape index (κ3) is 6.95. The Morgan fingerprint density at radius 1 is 0.882 bits per heavy atom. The summed E-state index contributed by atoms with van der Waals surface area (Å²) in [5, 5.41) is 6.78. The minimum absolute atomic E-state index is 0.784. The van der Waals surface area contributed by atoms with E-state index in [1.54, 1.807) is 0 Å². The van der Waals surface area contributed by atoms with Gasteiger partial charge in [0.15, 0.2) is 0 Å². The van der Waals surface area contributed by atoms with Crippen LogP contribution in [0.25, 0.3) is 0 Å². The quantitative estimate of drug-likeness (QED) is 0.442. The number of nitrogens with two attached hydrogens (primary N) is 1. The Morgan fingerprint density at radius 3 is 2.06 bits per heavy atom. The molecule has 0 aromatic rings. The zero-order valence-electron chi connectivity index (χ0n) is 11.2. The summed E-state index contributed by atoms with van der Waals surface area (Å²) in [7, 11) is 0. The van der Waals surface area contributed by atoms with Crippen molar-refractivity contribution in [2.24, 2.45) is 5.73 Å². The van der Waals surface area contributed by atoms with E-state index in [2.05, 4.69) is 27.4 Å². The number of hydrogen-bond donors (Lipinski definition) is 3. The molecule has 0 aliphatic carbocycles. The Bertz CT molecular complexity index is 168. The fourth-order valence-electron chi connectivity index (χ4n) is 2.13. The van der Waals surface area contributed by atoms with Crippen molar-refractivity contribution < 1.29 is 0 Å². The van der Waals surface area contributed by atoms with Crippen molar-refractivity contribution in [2.75, 3.05) is 72.0 Å². The van der Waals surface area contributed by atoms with Crippen LogP contribution in [-0.2, 0) is 0 Å². The van der Waals surface area contributed by atoms with Gasteiger partial charge in [0, 0.05) is 65.4 Å². The third-order valence-electron chi connectivity index (χ3n) is 3.24. The molecule has 5 nitrogen and oxygen atoms in total. The molecule has 0 bridgehead atoms. The second-order valence-corrected chi connectivity index (χ2v) is 4.58. The molecule has 0 saturated carbocycles. The van der Waals surface area contributed by atoms with Crippen molar-refractivity contribution in [3.63, 3.8) is 0 Å². The molecule has 1 aliphatic heterocycles. The Hall–Kier alpha value is -0.200. The first-order valence-electron chi connectivity index (χ1n) is 6.93.